The Morgan fingerprint density at radius 3 is 2.76 bits per heavy atom. The van der Waals surface area contributed by atoms with Gasteiger partial charge in [0.05, 0.1) is 32.0 Å². The van der Waals surface area contributed by atoms with Crippen molar-refractivity contribution >= 4 is 11.8 Å². The first-order valence-electron chi connectivity index (χ1n) is 9.76. The number of hydrogen-bond acceptors (Lipinski definition) is 6. The van der Waals surface area contributed by atoms with Crippen LogP contribution in [0.15, 0.2) is 24.4 Å². The van der Waals surface area contributed by atoms with E-state index >= 15 is 0 Å². The topological polar surface area (TPSA) is 93.7 Å². The van der Waals surface area contributed by atoms with Crippen LogP contribution in [0.1, 0.15) is 57.7 Å². The quantitative estimate of drug-likeness (QED) is 0.805. The van der Waals surface area contributed by atoms with Crippen LogP contribution in [0.5, 0.6) is 11.8 Å². The highest BCUT2D eigenvalue weighted by atomic mass is 16.5. The molecular weight excluding hydrogens is 372 g/mol. The molecule has 1 aliphatic carbocycles. The number of ether oxygens (including phenoxy) is 2. The molecule has 0 radical (unpaired) electrons. The Morgan fingerprint density at radius 1 is 1.24 bits per heavy atom. The van der Waals surface area contributed by atoms with E-state index in [0.29, 0.717) is 41.0 Å². The smallest absolute Gasteiger partial charge is 0.256 e. The second-order valence-electron chi connectivity index (χ2n) is 7.29. The maximum absolute atomic E-state index is 12.9. The van der Waals surface area contributed by atoms with E-state index in [0.717, 1.165) is 18.5 Å². The maximum atomic E-state index is 12.9. The van der Waals surface area contributed by atoms with Crippen molar-refractivity contribution < 1.29 is 19.1 Å². The molecule has 4 rings (SSSR count). The molecule has 8 heteroatoms. The van der Waals surface area contributed by atoms with Crippen molar-refractivity contribution in [2.75, 3.05) is 14.2 Å². The van der Waals surface area contributed by atoms with Crippen LogP contribution in [0.25, 0.3) is 0 Å². The van der Waals surface area contributed by atoms with Gasteiger partial charge in [-0.1, -0.05) is 12.8 Å². The minimum atomic E-state index is -0.271. The molecule has 0 atom stereocenters. The lowest BCUT2D eigenvalue weighted by Gasteiger charge is -2.22. The number of fused-ring (bicyclic) bond motifs is 1. The van der Waals surface area contributed by atoms with E-state index in [9.17, 15) is 9.59 Å². The number of carbonyl (C=O) groups excluding carboxylic acids is 2. The molecule has 3 heterocycles. The molecule has 8 nitrogen and oxygen atoms in total. The van der Waals surface area contributed by atoms with Gasteiger partial charge in [0.15, 0.2) is 0 Å². The summed E-state index contributed by atoms with van der Waals surface area (Å²) in [6.45, 7) is 0.724. The maximum Gasteiger partial charge on any atom is 0.256 e. The third kappa shape index (κ3) is 3.74. The van der Waals surface area contributed by atoms with Gasteiger partial charge in [0.25, 0.3) is 11.8 Å². The fourth-order valence-electron chi connectivity index (χ4n) is 4.02. The highest BCUT2D eigenvalue weighted by molar-refractivity contribution is 5.98. The zero-order valence-electron chi connectivity index (χ0n) is 16.6. The monoisotopic (exact) mass is 396 g/mol. The van der Waals surface area contributed by atoms with Crippen LogP contribution in [0.2, 0.25) is 0 Å². The molecule has 2 aromatic heterocycles. The molecule has 0 spiro atoms. The Bertz CT molecular complexity index is 940. The zero-order valence-corrected chi connectivity index (χ0v) is 16.6. The van der Waals surface area contributed by atoms with Crippen LogP contribution >= 0.6 is 0 Å². The van der Waals surface area contributed by atoms with E-state index in [1.54, 1.807) is 25.3 Å². The molecule has 2 amide bonds. The van der Waals surface area contributed by atoms with E-state index in [2.05, 4.69) is 15.3 Å². The number of amides is 2. The largest absolute Gasteiger partial charge is 0.481 e. The highest BCUT2D eigenvalue weighted by Crippen LogP contribution is 2.33. The first-order valence-corrected chi connectivity index (χ1v) is 9.76. The summed E-state index contributed by atoms with van der Waals surface area (Å²) in [5, 5.41) is 2.85. The van der Waals surface area contributed by atoms with Crippen LogP contribution in [-0.2, 0) is 13.1 Å². The van der Waals surface area contributed by atoms with Crippen LogP contribution in [0.4, 0.5) is 0 Å². The third-order valence-corrected chi connectivity index (χ3v) is 5.56. The van der Waals surface area contributed by atoms with Gasteiger partial charge in [-0.05, 0) is 25.0 Å². The lowest BCUT2D eigenvalue weighted by Crippen LogP contribution is -2.33. The molecule has 0 saturated heterocycles. The van der Waals surface area contributed by atoms with E-state index in [4.69, 9.17) is 9.47 Å². The average molecular weight is 396 g/mol. The number of carbonyl (C=O) groups is 2. The normalized spacial score (nSPS) is 16.1. The number of pyridine rings is 2. The number of nitrogens with zero attached hydrogens (tertiary/aromatic N) is 3. The number of methoxy groups -OCH3 is 2. The molecule has 2 aliphatic rings. The lowest BCUT2D eigenvalue weighted by molar-refractivity contribution is 0.0706. The molecule has 0 unspecified atom stereocenters. The van der Waals surface area contributed by atoms with Crippen molar-refractivity contribution in [1.82, 2.24) is 20.2 Å². The fraction of sp³-hybridized carbons (Fsp3) is 0.429. The predicted octanol–water partition coefficient (Wildman–Crippen LogP) is 2.32. The molecule has 0 aromatic carbocycles. The van der Waals surface area contributed by atoms with Crippen LogP contribution < -0.4 is 14.8 Å². The SMILES string of the molecule is COc1cc(C(=O)NCc2cc3c(nc2OC)CN(C2CCCC2)C3=O)ccn1. The Hall–Kier alpha value is -3.16. The molecule has 1 N–H and O–H groups in total. The van der Waals surface area contributed by atoms with Crippen molar-refractivity contribution in [3.05, 3.63) is 46.8 Å². The molecule has 1 fully saturated rings. The second-order valence-corrected chi connectivity index (χ2v) is 7.29. The minimum absolute atomic E-state index is 0.0218. The van der Waals surface area contributed by atoms with Gasteiger partial charge < -0.3 is 19.7 Å². The van der Waals surface area contributed by atoms with Crippen molar-refractivity contribution in [1.29, 1.82) is 0 Å². The number of nitrogens with one attached hydrogen (secondary N) is 1. The average Bonchev–Trinajstić information content (AvgIpc) is 3.39. The molecule has 1 aliphatic heterocycles. The van der Waals surface area contributed by atoms with Crippen LogP contribution in [-0.4, -0.2) is 46.9 Å². The van der Waals surface area contributed by atoms with Gasteiger partial charge in [-0.25, -0.2) is 9.97 Å². The first-order chi connectivity index (χ1) is 14.1. The van der Waals surface area contributed by atoms with Gasteiger partial charge in [-0.3, -0.25) is 9.59 Å². The summed E-state index contributed by atoms with van der Waals surface area (Å²) < 4.78 is 10.5. The minimum Gasteiger partial charge on any atom is -0.481 e. The Labute approximate surface area is 169 Å². The Balaban J connectivity index is 1.51. The van der Waals surface area contributed by atoms with Crippen molar-refractivity contribution in [3.63, 3.8) is 0 Å². The third-order valence-electron chi connectivity index (χ3n) is 5.56. The number of aromatic nitrogens is 2. The summed E-state index contributed by atoms with van der Waals surface area (Å²) in [5.41, 5.74) is 2.45. The van der Waals surface area contributed by atoms with Gasteiger partial charge in [0.2, 0.25) is 11.8 Å². The van der Waals surface area contributed by atoms with Crippen molar-refractivity contribution in [3.8, 4) is 11.8 Å². The first kappa shape index (κ1) is 19.2. The summed E-state index contributed by atoms with van der Waals surface area (Å²) >= 11 is 0. The molecule has 1 saturated carbocycles. The zero-order chi connectivity index (χ0) is 20.4. The molecule has 2 aromatic rings. The van der Waals surface area contributed by atoms with Gasteiger partial charge in [-0.15, -0.1) is 0 Å². The van der Waals surface area contributed by atoms with Gasteiger partial charge in [0.1, 0.15) is 0 Å². The molecule has 29 heavy (non-hydrogen) atoms. The van der Waals surface area contributed by atoms with E-state index < -0.39 is 0 Å². The lowest BCUT2D eigenvalue weighted by atomic mass is 10.1. The number of rotatable bonds is 6. The molecule has 152 valence electrons. The van der Waals surface area contributed by atoms with E-state index in [-0.39, 0.29) is 18.4 Å². The summed E-state index contributed by atoms with van der Waals surface area (Å²) in [7, 11) is 3.04. The van der Waals surface area contributed by atoms with Crippen LogP contribution in [0.3, 0.4) is 0 Å². The van der Waals surface area contributed by atoms with E-state index in [1.807, 2.05) is 4.90 Å². The summed E-state index contributed by atoms with van der Waals surface area (Å²) in [5.74, 6) is 0.546. The summed E-state index contributed by atoms with van der Waals surface area (Å²) in [4.78, 5) is 35.9. The summed E-state index contributed by atoms with van der Waals surface area (Å²) in [6.07, 6.45) is 5.95. The standard InChI is InChI=1S/C21H24N4O4/c1-28-18-10-13(7-8-22-18)19(26)23-11-14-9-16-17(24-20(14)29-2)12-25(21(16)27)15-5-3-4-6-15/h7-10,15H,3-6,11-12H2,1-2H3,(H,23,26). The van der Waals surface area contributed by atoms with Gasteiger partial charge in [-0.2, -0.15) is 0 Å². The Kier molecular flexibility index (Phi) is 5.33. The van der Waals surface area contributed by atoms with Crippen molar-refractivity contribution in [2.45, 2.75) is 44.8 Å². The Morgan fingerprint density at radius 2 is 2.03 bits per heavy atom. The molecule has 0 bridgehead atoms. The van der Waals surface area contributed by atoms with Crippen molar-refractivity contribution in [2.24, 2.45) is 0 Å². The fourth-order valence-corrected chi connectivity index (χ4v) is 4.02. The predicted molar refractivity (Wildman–Crippen MR) is 105 cm³/mol. The second kappa shape index (κ2) is 8.06. The van der Waals surface area contributed by atoms with E-state index in [1.165, 1.54) is 26.1 Å². The summed E-state index contributed by atoms with van der Waals surface area (Å²) in [6, 6.07) is 5.27. The van der Waals surface area contributed by atoms with Gasteiger partial charge >= 0.3 is 0 Å². The van der Waals surface area contributed by atoms with Crippen LogP contribution in [0, 0.1) is 0 Å². The molecular formula is C21H24N4O4. The van der Waals surface area contributed by atoms with Gasteiger partial charge in [0, 0.05) is 36.0 Å². The highest BCUT2D eigenvalue weighted by Gasteiger charge is 2.35. The number of hydrogen-bond donors (Lipinski definition) is 1.